The van der Waals surface area contributed by atoms with Crippen molar-refractivity contribution in [1.29, 1.82) is 0 Å². The predicted octanol–water partition coefficient (Wildman–Crippen LogP) is 3.49. The normalized spacial score (nSPS) is 30.7. The van der Waals surface area contributed by atoms with Gasteiger partial charge in [0.2, 0.25) is 9.84 Å². The van der Waals surface area contributed by atoms with Crippen LogP contribution in [0, 0.1) is 17.8 Å². The van der Waals surface area contributed by atoms with E-state index in [2.05, 4.69) is 0 Å². The van der Waals surface area contributed by atoms with Crippen LogP contribution in [-0.2, 0) is 9.84 Å². The van der Waals surface area contributed by atoms with Crippen molar-refractivity contribution in [1.82, 2.24) is 0 Å². The number of sulfone groups is 1. The second-order valence-corrected chi connectivity index (χ2v) is 7.68. The Balaban J connectivity index is 1.96. The lowest BCUT2D eigenvalue weighted by molar-refractivity contribution is 0.000205. The van der Waals surface area contributed by atoms with Crippen LogP contribution in [0.4, 0.5) is 8.78 Å². The van der Waals surface area contributed by atoms with Crippen molar-refractivity contribution in [3.8, 4) is 0 Å². The van der Waals surface area contributed by atoms with Crippen molar-refractivity contribution in [2.75, 3.05) is 0 Å². The molecule has 2 fully saturated rings. The molecule has 0 radical (unpaired) electrons. The van der Waals surface area contributed by atoms with Crippen LogP contribution in [0.5, 0.6) is 0 Å². The van der Waals surface area contributed by atoms with Crippen LogP contribution in [0.15, 0.2) is 35.2 Å². The Hall–Kier alpha value is -0.970. The summed E-state index contributed by atoms with van der Waals surface area (Å²) >= 11 is 0. The monoisotopic (exact) mass is 286 g/mol. The molecule has 5 heteroatoms. The van der Waals surface area contributed by atoms with Crippen molar-refractivity contribution >= 4 is 9.84 Å². The van der Waals surface area contributed by atoms with Gasteiger partial charge in [0.05, 0.1) is 4.90 Å². The minimum atomic E-state index is -4.58. The van der Waals surface area contributed by atoms with Gasteiger partial charge in [0, 0.05) is 5.92 Å². The van der Waals surface area contributed by atoms with Gasteiger partial charge in [0.25, 0.3) is 0 Å². The van der Waals surface area contributed by atoms with E-state index in [9.17, 15) is 17.2 Å². The van der Waals surface area contributed by atoms with Gasteiger partial charge in [-0.05, 0) is 43.2 Å². The smallest absolute Gasteiger partial charge is 0.217 e. The quantitative estimate of drug-likeness (QED) is 0.852. The second-order valence-electron chi connectivity index (χ2n) is 5.66. The van der Waals surface area contributed by atoms with Crippen molar-refractivity contribution in [3.05, 3.63) is 30.3 Å². The van der Waals surface area contributed by atoms with E-state index in [0.717, 1.165) is 19.3 Å². The molecule has 19 heavy (non-hydrogen) atoms. The molecule has 1 aromatic carbocycles. The Morgan fingerprint density at radius 1 is 1.05 bits per heavy atom. The topological polar surface area (TPSA) is 34.1 Å². The van der Waals surface area contributed by atoms with Gasteiger partial charge in [0.1, 0.15) is 0 Å². The summed E-state index contributed by atoms with van der Waals surface area (Å²) in [6, 6.07) is 7.06. The first-order chi connectivity index (χ1) is 8.93. The number of hydrogen-bond donors (Lipinski definition) is 0. The number of hydrogen-bond acceptors (Lipinski definition) is 2. The maximum absolute atomic E-state index is 14.5. The summed E-state index contributed by atoms with van der Waals surface area (Å²) in [7, 11) is -4.58. The van der Waals surface area contributed by atoms with Crippen molar-refractivity contribution < 1.29 is 17.2 Å². The minimum Gasteiger partial charge on any atom is -0.217 e. The van der Waals surface area contributed by atoms with Crippen LogP contribution < -0.4 is 0 Å². The fraction of sp³-hybridized carbons (Fsp3) is 0.571. The summed E-state index contributed by atoms with van der Waals surface area (Å²) in [6.45, 7) is 0. The van der Waals surface area contributed by atoms with Gasteiger partial charge >= 0.3 is 5.25 Å². The standard InChI is InChI=1S/C14H16F2O2S/c15-14(16,13-9-10-6-7-11(13)8-10)19(17,18)12-4-2-1-3-5-12/h1-5,10-11,13H,6-9H2. The lowest BCUT2D eigenvalue weighted by atomic mass is 9.89. The third-order valence-corrected chi connectivity index (χ3v) is 6.49. The molecule has 2 aliphatic carbocycles. The molecular formula is C14H16F2O2S. The zero-order valence-electron chi connectivity index (χ0n) is 10.4. The molecule has 3 rings (SSSR count). The third kappa shape index (κ3) is 1.90. The Bertz CT molecular complexity index is 568. The molecular weight excluding hydrogens is 270 g/mol. The Morgan fingerprint density at radius 3 is 2.26 bits per heavy atom. The molecule has 0 heterocycles. The average molecular weight is 286 g/mol. The first-order valence-electron chi connectivity index (χ1n) is 6.60. The lowest BCUT2D eigenvalue weighted by Crippen LogP contribution is -2.40. The highest BCUT2D eigenvalue weighted by Gasteiger charge is 2.59. The van der Waals surface area contributed by atoms with Gasteiger partial charge in [0.15, 0.2) is 0 Å². The maximum Gasteiger partial charge on any atom is 0.353 e. The van der Waals surface area contributed by atoms with E-state index in [1.807, 2.05) is 0 Å². The van der Waals surface area contributed by atoms with Crippen LogP contribution in [0.2, 0.25) is 0 Å². The molecule has 0 aliphatic heterocycles. The minimum absolute atomic E-state index is 0.126. The summed E-state index contributed by atoms with van der Waals surface area (Å²) < 4.78 is 53.3. The van der Waals surface area contributed by atoms with Crippen molar-refractivity contribution in [2.45, 2.75) is 35.8 Å². The summed E-state index contributed by atoms with van der Waals surface area (Å²) in [4.78, 5) is -0.275. The first-order valence-corrected chi connectivity index (χ1v) is 8.08. The maximum atomic E-state index is 14.5. The summed E-state index contributed by atoms with van der Waals surface area (Å²) in [5, 5.41) is -3.64. The van der Waals surface area contributed by atoms with Gasteiger partial charge in [-0.1, -0.05) is 24.6 Å². The van der Waals surface area contributed by atoms with Crippen LogP contribution in [-0.4, -0.2) is 13.7 Å². The number of rotatable bonds is 3. The van der Waals surface area contributed by atoms with Gasteiger partial charge in [-0.25, -0.2) is 8.42 Å². The largest absolute Gasteiger partial charge is 0.353 e. The lowest BCUT2D eigenvalue weighted by Gasteiger charge is -2.29. The highest BCUT2D eigenvalue weighted by atomic mass is 32.2. The molecule has 3 atom stereocenters. The SMILES string of the molecule is O=S(=O)(c1ccccc1)C(F)(F)C1CC2CCC1C2. The molecule has 2 saturated carbocycles. The molecule has 2 nitrogen and oxygen atoms in total. The molecule has 0 spiro atoms. The molecule has 104 valence electrons. The molecule has 2 aliphatic rings. The fourth-order valence-electron chi connectivity index (χ4n) is 3.61. The summed E-state index contributed by atoms with van der Waals surface area (Å²) in [5.74, 6) is -0.832. The number of fused-ring (bicyclic) bond motifs is 2. The average Bonchev–Trinajstić information content (AvgIpc) is 3.02. The molecule has 3 unspecified atom stereocenters. The van der Waals surface area contributed by atoms with Crippen LogP contribution >= 0.6 is 0 Å². The highest BCUT2D eigenvalue weighted by Crippen LogP contribution is 2.55. The number of halogens is 2. The number of benzene rings is 1. The van der Waals surface area contributed by atoms with Crippen molar-refractivity contribution in [3.63, 3.8) is 0 Å². The van der Waals surface area contributed by atoms with E-state index in [1.165, 1.54) is 24.3 Å². The first kappa shape index (κ1) is 13.0. The van der Waals surface area contributed by atoms with E-state index in [-0.39, 0.29) is 10.8 Å². The van der Waals surface area contributed by atoms with Crippen LogP contribution in [0.3, 0.4) is 0 Å². The van der Waals surface area contributed by atoms with E-state index in [0.29, 0.717) is 12.3 Å². The zero-order chi connectivity index (χ0) is 13.7. The molecule has 0 aromatic heterocycles. The van der Waals surface area contributed by atoms with Crippen molar-refractivity contribution in [2.24, 2.45) is 17.8 Å². The predicted molar refractivity (Wildman–Crippen MR) is 67.5 cm³/mol. The number of alkyl halides is 2. The van der Waals surface area contributed by atoms with Gasteiger partial charge in [-0.3, -0.25) is 0 Å². The summed E-state index contributed by atoms with van der Waals surface area (Å²) in [6.07, 6.45) is 2.84. The second kappa shape index (κ2) is 4.27. The van der Waals surface area contributed by atoms with Gasteiger partial charge in [-0.15, -0.1) is 0 Å². The molecule has 0 amide bonds. The summed E-state index contributed by atoms with van der Waals surface area (Å²) in [5.41, 5.74) is 0. The molecule has 1 aromatic rings. The van der Waals surface area contributed by atoms with E-state index < -0.39 is 21.0 Å². The van der Waals surface area contributed by atoms with E-state index in [4.69, 9.17) is 0 Å². The van der Waals surface area contributed by atoms with Crippen LogP contribution in [0.25, 0.3) is 0 Å². The molecule has 0 N–H and O–H groups in total. The highest BCUT2D eigenvalue weighted by molar-refractivity contribution is 7.92. The molecule has 0 saturated heterocycles. The molecule has 2 bridgehead atoms. The fourth-order valence-corrected chi connectivity index (χ4v) is 5.13. The zero-order valence-corrected chi connectivity index (χ0v) is 11.2. The van der Waals surface area contributed by atoms with Gasteiger partial charge in [-0.2, -0.15) is 8.78 Å². The third-order valence-electron chi connectivity index (χ3n) is 4.58. The van der Waals surface area contributed by atoms with E-state index >= 15 is 0 Å². The Labute approximate surface area is 111 Å². The van der Waals surface area contributed by atoms with E-state index in [1.54, 1.807) is 6.07 Å². The Kier molecular flexibility index (Phi) is 2.93. The Morgan fingerprint density at radius 2 is 1.74 bits per heavy atom. The van der Waals surface area contributed by atoms with Crippen LogP contribution in [0.1, 0.15) is 25.7 Å². The van der Waals surface area contributed by atoms with Gasteiger partial charge < -0.3 is 0 Å².